The number of carbonyl (C=O) groups excluding carboxylic acids is 2. The van der Waals surface area contributed by atoms with Gasteiger partial charge in [0.15, 0.2) is 0 Å². The Morgan fingerprint density at radius 2 is 0.857 bits per heavy atom. The fourth-order valence-corrected chi connectivity index (χ4v) is 9.32. The molecule has 0 spiro atoms. The van der Waals surface area contributed by atoms with Gasteiger partial charge in [-0.25, -0.2) is 4.98 Å². The molecule has 63 heavy (non-hydrogen) atoms. The minimum absolute atomic E-state index is 0.0104. The highest BCUT2D eigenvalue weighted by Gasteiger charge is 2.20. The van der Waals surface area contributed by atoms with Crippen LogP contribution in [0.25, 0.3) is 0 Å². The van der Waals surface area contributed by atoms with Gasteiger partial charge in [0.1, 0.15) is 5.82 Å². The van der Waals surface area contributed by atoms with Crippen LogP contribution in [0.1, 0.15) is 284 Å². The van der Waals surface area contributed by atoms with E-state index in [-0.39, 0.29) is 11.9 Å². The predicted octanol–water partition coefficient (Wildman–Crippen LogP) is 16.8. The lowest BCUT2D eigenvalue weighted by Crippen LogP contribution is -2.36. The summed E-state index contributed by atoms with van der Waals surface area (Å²) in [6.45, 7) is 14.7. The molecule has 0 aliphatic carbocycles. The third-order valence-corrected chi connectivity index (χ3v) is 13.7. The van der Waals surface area contributed by atoms with Gasteiger partial charge in [-0.15, -0.1) is 0 Å². The average molecular weight is 886 g/mol. The Balaban J connectivity index is 2.55. The minimum Gasteiger partial charge on any atom is -0.465 e. The van der Waals surface area contributed by atoms with E-state index in [9.17, 15) is 9.59 Å². The largest absolute Gasteiger partial charge is 0.465 e. The lowest BCUT2D eigenvalue weighted by Gasteiger charge is -2.32. The Hall–Kier alpha value is -1.89. The predicted molar refractivity (Wildman–Crippen MR) is 270 cm³/mol. The lowest BCUT2D eigenvalue weighted by molar-refractivity contribution is -0.146. The summed E-state index contributed by atoms with van der Waals surface area (Å²) in [4.78, 5) is 32.6. The molecule has 0 N–H and O–H groups in total. The van der Waals surface area contributed by atoms with Gasteiger partial charge in [0.05, 0.1) is 19.8 Å². The molecular formula is C56H107N3O4. The van der Waals surface area contributed by atoms with Gasteiger partial charge in [-0.1, -0.05) is 208 Å². The molecule has 0 fully saturated rings. The van der Waals surface area contributed by atoms with E-state index < -0.39 is 0 Å². The number of imidazole rings is 1. The van der Waals surface area contributed by atoms with Crippen molar-refractivity contribution in [1.29, 1.82) is 0 Å². The minimum atomic E-state index is 0.0104. The van der Waals surface area contributed by atoms with Crippen LogP contribution in [0.15, 0.2) is 12.4 Å². The van der Waals surface area contributed by atoms with E-state index in [4.69, 9.17) is 14.5 Å². The molecular weight excluding hydrogens is 779 g/mol. The molecule has 1 aromatic heterocycles. The number of rotatable bonds is 48. The summed E-state index contributed by atoms with van der Waals surface area (Å²) in [5.74, 6) is 2.29. The summed E-state index contributed by atoms with van der Waals surface area (Å²) in [7, 11) is 2.14. The van der Waals surface area contributed by atoms with Crippen LogP contribution >= 0.6 is 0 Å². The van der Waals surface area contributed by atoms with Crippen molar-refractivity contribution in [3.8, 4) is 0 Å². The van der Waals surface area contributed by atoms with Crippen molar-refractivity contribution >= 4 is 11.9 Å². The highest BCUT2D eigenvalue weighted by molar-refractivity contribution is 5.69. The number of aryl methyl sites for hydroxylation is 1. The van der Waals surface area contributed by atoms with Crippen LogP contribution < -0.4 is 0 Å². The van der Waals surface area contributed by atoms with Gasteiger partial charge in [-0.2, -0.15) is 0 Å². The number of hydrogen-bond acceptors (Lipinski definition) is 6. The zero-order chi connectivity index (χ0) is 45.9. The standard InChI is InChI=1S/C56H107N3O4/c1-7-12-17-19-25-30-36-46-59(48-54-57-45-47-58(54)6)53(42-33-27-23-24-29-35-44-55(60)62-49-51(37-14-9-3)38-15-10-4)41-32-26-21-20-22-28-34-43-56(61)63-50-52(39-16-11-5)40-31-18-13-8-2/h45,47,51-53H,7-44,46,48-50H2,1-6H3. The number of carbonyl (C=O) groups is 2. The van der Waals surface area contributed by atoms with Crippen LogP contribution in [0.3, 0.4) is 0 Å². The molecule has 2 atom stereocenters. The van der Waals surface area contributed by atoms with E-state index in [1.165, 1.54) is 218 Å². The fraction of sp³-hybridized carbons (Fsp3) is 0.911. The summed E-state index contributed by atoms with van der Waals surface area (Å²) in [6.07, 6.45) is 49.9. The Bertz CT molecular complexity index is 1130. The summed E-state index contributed by atoms with van der Waals surface area (Å²) >= 11 is 0. The van der Waals surface area contributed by atoms with E-state index in [0.29, 0.717) is 43.9 Å². The molecule has 2 unspecified atom stereocenters. The lowest BCUT2D eigenvalue weighted by atomic mass is 9.96. The molecule has 0 saturated heterocycles. The maximum absolute atomic E-state index is 12.6. The van der Waals surface area contributed by atoms with E-state index in [1.807, 2.05) is 6.20 Å². The summed E-state index contributed by atoms with van der Waals surface area (Å²) in [5, 5.41) is 0. The van der Waals surface area contributed by atoms with E-state index in [0.717, 1.165) is 32.2 Å². The maximum atomic E-state index is 12.6. The third kappa shape index (κ3) is 35.0. The number of ether oxygens (including phenoxy) is 2. The second kappa shape index (κ2) is 44.0. The van der Waals surface area contributed by atoms with Gasteiger partial charge in [0.25, 0.3) is 0 Å². The number of unbranched alkanes of at least 4 members (excludes halogenated alkanes) is 23. The molecule has 7 heteroatoms. The monoisotopic (exact) mass is 886 g/mol. The molecule has 7 nitrogen and oxygen atoms in total. The Morgan fingerprint density at radius 1 is 0.492 bits per heavy atom. The van der Waals surface area contributed by atoms with Crippen LogP contribution in [-0.2, 0) is 32.7 Å². The number of aromatic nitrogens is 2. The maximum Gasteiger partial charge on any atom is 0.305 e. The molecule has 1 aromatic rings. The van der Waals surface area contributed by atoms with Gasteiger partial charge < -0.3 is 14.0 Å². The third-order valence-electron chi connectivity index (χ3n) is 13.7. The van der Waals surface area contributed by atoms with Crippen LogP contribution in [0.5, 0.6) is 0 Å². The zero-order valence-corrected chi connectivity index (χ0v) is 43.1. The molecule has 0 bridgehead atoms. The number of nitrogens with zero attached hydrogens (tertiary/aromatic N) is 3. The summed E-state index contributed by atoms with van der Waals surface area (Å²) in [5.41, 5.74) is 0. The Labute approximate surface area is 392 Å². The molecule has 0 aliphatic rings. The number of esters is 2. The van der Waals surface area contributed by atoms with Crippen LogP contribution in [0, 0.1) is 11.8 Å². The van der Waals surface area contributed by atoms with Crippen LogP contribution in [-0.4, -0.2) is 52.2 Å². The van der Waals surface area contributed by atoms with Crippen molar-refractivity contribution in [3.63, 3.8) is 0 Å². The normalized spacial score (nSPS) is 12.7. The smallest absolute Gasteiger partial charge is 0.305 e. The van der Waals surface area contributed by atoms with Gasteiger partial charge in [0, 0.05) is 38.3 Å². The number of hydrogen-bond donors (Lipinski definition) is 0. The van der Waals surface area contributed by atoms with Gasteiger partial charge in [-0.3, -0.25) is 14.5 Å². The first kappa shape index (κ1) is 59.1. The quantitative estimate of drug-likeness (QED) is 0.0479. The van der Waals surface area contributed by atoms with Crippen molar-refractivity contribution in [2.24, 2.45) is 18.9 Å². The van der Waals surface area contributed by atoms with E-state index in [2.05, 4.69) is 57.3 Å². The highest BCUT2D eigenvalue weighted by atomic mass is 16.5. The second-order valence-electron chi connectivity index (χ2n) is 19.7. The first-order valence-electron chi connectivity index (χ1n) is 27.9. The first-order chi connectivity index (χ1) is 30.9. The summed E-state index contributed by atoms with van der Waals surface area (Å²) < 4.78 is 13.7. The molecule has 0 amide bonds. The molecule has 370 valence electrons. The molecule has 0 radical (unpaired) electrons. The van der Waals surface area contributed by atoms with Crippen LogP contribution in [0.4, 0.5) is 0 Å². The van der Waals surface area contributed by atoms with Crippen molar-refractivity contribution in [1.82, 2.24) is 14.5 Å². The van der Waals surface area contributed by atoms with E-state index >= 15 is 0 Å². The van der Waals surface area contributed by atoms with Crippen LogP contribution in [0.2, 0.25) is 0 Å². The Kier molecular flexibility index (Phi) is 41.3. The van der Waals surface area contributed by atoms with Crippen molar-refractivity contribution in [2.45, 2.75) is 291 Å². The molecule has 1 heterocycles. The van der Waals surface area contributed by atoms with Gasteiger partial charge >= 0.3 is 11.9 Å². The van der Waals surface area contributed by atoms with Gasteiger partial charge in [0.2, 0.25) is 0 Å². The molecule has 0 aromatic carbocycles. The zero-order valence-electron chi connectivity index (χ0n) is 43.1. The Morgan fingerprint density at radius 3 is 1.29 bits per heavy atom. The summed E-state index contributed by atoms with van der Waals surface area (Å²) in [6, 6.07) is 0.596. The average Bonchev–Trinajstić information content (AvgIpc) is 3.70. The SMILES string of the molecule is CCCCCCCCCN(Cc1nccn1C)C(CCCCCCCCCC(=O)OCC(CCCC)CCCCCC)CCCCCCCCC(=O)OCC(CCCC)CCCC. The van der Waals surface area contributed by atoms with Crippen molar-refractivity contribution < 1.29 is 19.1 Å². The second-order valence-corrected chi connectivity index (χ2v) is 19.7. The molecule has 1 rings (SSSR count). The van der Waals surface area contributed by atoms with Crippen molar-refractivity contribution in [2.75, 3.05) is 19.8 Å². The van der Waals surface area contributed by atoms with Gasteiger partial charge in [-0.05, 0) is 76.2 Å². The first-order valence-corrected chi connectivity index (χ1v) is 27.9. The molecule has 0 saturated carbocycles. The highest BCUT2D eigenvalue weighted by Crippen LogP contribution is 2.23. The molecule has 0 aliphatic heterocycles. The topological polar surface area (TPSA) is 73.7 Å². The van der Waals surface area contributed by atoms with E-state index in [1.54, 1.807) is 0 Å². The van der Waals surface area contributed by atoms with Crippen molar-refractivity contribution in [3.05, 3.63) is 18.2 Å². The fourth-order valence-electron chi connectivity index (χ4n) is 9.32.